The Hall–Kier alpha value is -2.35. The van der Waals surface area contributed by atoms with E-state index in [0.29, 0.717) is 19.0 Å². The van der Waals surface area contributed by atoms with E-state index < -0.39 is 0 Å². The molecule has 2 aromatic rings. The van der Waals surface area contributed by atoms with Gasteiger partial charge in [0.1, 0.15) is 0 Å². The number of piperidine rings is 1. The van der Waals surface area contributed by atoms with E-state index in [9.17, 15) is 4.79 Å². The molecule has 1 aliphatic rings. The third kappa shape index (κ3) is 4.19. The van der Waals surface area contributed by atoms with Gasteiger partial charge in [-0.15, -0.1) is 0 Å². The summed E-state index contributed by atoms with van der Waals surface area (Å²) in [5.41, 5.74) is 1.14. The van der Waals surface area contributed by atoms with E-state index in [0.717, 1.165) is 24.9 Å². The van der Waals surface area contributed by atoms with Gasteiger partial charge in [-0.25, -0.2) is 4.79 Å². The van der Waals surface area contributed by atoms with Gasteiger partial charge in [0.05, 0.1) is 24.9 Å². The van der Waals surface area contributed by atoms with Gasteiger partial charge < -0.3 is 9.64 Å². The van der Waals surface area contributed by atoms with Crippen molar-refractivity contribution >= 4 is 11.8 Å². The predicted octanol–water partition coefficient (Wildman–Crippen LogP) is 2.46. The molecule has 2 amide bonds. The zero-order valence-corrected chi connectivity index (χ0v) is 15.1. The number of aryl methyl sites for hydroxylation is 1. The largest absolute Gasteiger partial charge is 0.382 e. The number of nitrogens with one attached hydrogen (secondary N) is 1. The van der Waals surface area contributed by atoms with Gasteiger partial charge >= 0.3 is 6.03 Å². The number of anilines is 1. The van der Waals surface area contributed by atoms with Crippen LogP contribution in [0.3, 0.4) is 0 Å². The van der Waals surface area contributed by atoms with Gasteiger partial charge in [0.2, 0.25) is 0 Å². The standard InChI is InChI=1S/C17H26N6O2/c1-13-9-18-23(10-13)15-5-4-7-21(11-15)17(24)19-16-6-8-22(20-16)14(2)12-25-3/h6,8-10,14-15H,4-5,7,11-12H2,1-3H3,(H,19,20,24)/t14-,15+/m0/s1. The summed E-state index contributed by atoms with van der Waals surface area (Å²) in [6.45, 7) is 6.03. The lowest BCUT2D eigenvalue weighted by Gasteiger charge is -2.32. The highest BCUT2D eigenvalue weighted by Crippen LogP contribution is 2.22. The van der Waals surface area contributed by atoms with Gasteiger partial charge in [-0.3, -0.25) is 14.7 Å². The number of rotatable bonds is 5. The summed E-state index contributed by atoms with van der Waals surface area (Å²) in [6, 6.07) is 2.05. The first-order valence-electron chi connectivity index (χ1n) is 8.67. The first-order chi connectivity index (χ1) is 12.1. The molecule has 25 heavy (non-hydrogen) atoms. The van der Waals surface area contributed by atoms with Crippen molar-refractivity contribution in [3.05, 3.63) is 30.2 Å². The second-order valence-corrected chi connectivity index (χ2v) is 6.66. The number of ether oxygens (including phenoxy) is 1. The number of hydrogen-bond donors (Lipinski definition) is 1. The molecule has 2 atom stereocenters. The number of urea groups is 1. The van der Waals surface area contributed by atoms with Crippen molar-refractivity contribution in [3.63, 3.8) is 0 Å². The fourth-order valence-electron chi connectivity index (χ4n) is 3.14. The number of hydrogen-bond acceptors (Lipinski definition) is 4. The number of carbonyl (C=O) groups excluding carboxylic acids is 1. The molecule has 0 aromatic carbocycles. The number of methoxy groups -OCH3 is 1. The number of amides is 2. The monoisotopic (exact) mass is 346 g/mol. The Morgan fingerprint density at radius 1 is 1.52 bits per heavy atom. The summed E-state index contributed by atoms with van der Waals surface area (Å²) in [5.74, 6) is 0.560. The number of nitrogens with zero attached hydrogens (tertiary/aromatic N) is 5. The van der Waals surface area contributed by atoms with E-state index in [1.54, 1.807) is 11.8 Å². The van der Waals surface area contributed by atoms with Crippen LogP contribution in [0.2, 0.25) is 0 Å². The highest BCUT2D eigenvalue weighted by molar-refractivity contribution is 5.88. The topological polar surface area (TPSA) is 77.2 Å². The minimum Gasteiger partial charge on any atom is -0.382 e. The highest BCUT2D eigenvalue weighted by atomic mass is 16.5. The Morgan fingerprint density at radius 2 is 2.36 bits per heavy atom. The van der Waals surface area contributed by atoms with Crippen molar-refractivity contribution in [3.8, 4) is 0 Å². The maximum absolute atomic E-state index is 12.6. The maximum Gasteiger partial charge on any atom is 0.323 e. The zero-order chi connectivity index (χ0) is 17.8. The number of aromatic nitrogens is 4. The van der Waals surface area contributed by atoms with Crippen LogP contribution in [-0.2, 0) is 4.74 Å². The Kier molecular flexibility index (Phi) is 5.37. The summed E-state index contributed by atoms with van der Waals surface area (Å²) < 4.78 is 8.90. The molecule has 0 radical (unpaired) electrons. The minimum absolute atomic E-state index is 0.113. The van der Waals surface area contributed by atoms with Gasteiger partial charge in [-0.1, -0.05) is 0 Å². The highest BCUT2D eigenvalue weighted by Gasteiger charge is 2.25. The Labute approximate surface area is 147 Å². The van der Waals surface area contributed by atoms with Crippen LogP contribution in [0.15, 0.2) is 24.7 Å². The molecule has 0 saturated carbocycles. The smallest absolute Gasteiger partial charge is 0.323 e. The second kappa shape index (κ2) is 7.69. The molecular formula is C17H26N6O2. The molecule has 2 aromatic heterocycles. The van der Waals surface area contributed by atoms with Crippen molar-refractivity contribution in [1.82, 2.24) is 24.5 Å². The van der Waals surface area contributed by atoms with Crippen LogP contribution in [0.25, 0.3) is 0 Å². The van der Waals surface area contributed by atoms with Crippen LogP contribution in [0, 0.1) is 6.92 Å². The van der Waals surface area contributed by atoms with Gasteiger partial charge in [0.15, 0.2) is 5.82 Å². The third-order valence-corrected chi connectivity index (χ3v) is 4.49. The first-order valence-corrected chi connectivity index (χ1v) is 8.67. The van der Waals surface area contributed by atoms with E-state index in [1.165, 1.54) is 0 Å². The molecule has 0 bridgehead atoms. The molecule has 0 unspecified atom stereocenters. The molecule has 3 heterocycles. The molecule has 1 aliphatic heterocycles. The molecule has 1 fully saturated rings. The van der Waals surface area contributed by atoms with Crippen molar-refractivity contribution in [2.24, 2.45) is 0 Å². The van der Waals surface area contributed by atoms with Crippen LogP contribution in [0.4, 0.5) is 10.6 Å². The van der Waals surface area contributed by atoms with Crippen LogP contribution >= 0.6 is 0 Å². The predicted molar refractivity (Wildman–Crippen MR) is 94.6 cm³/mol. The van der Waals surface area contributed by atoms with Crippen LogP contribution in [-0.4, -0.2) is 57.3 Å². The average molecular weight is 346 g/mol. The van der Waals surface area contributed by atoms with Gasteiger partial charge in [-0.2, -0.15) is 10.2 Å². The van der Waals surface area contributed by atoms with E-state index in [-0.39, 0.29) is 18.1 Å². The molecular weight excluding hydrogens is 320 g/mol. The molecule has 1 N–H and O–H groups in total. The SMILES string of the molecule is COC[C@H](C)n1ccc(NC(=O)N2CCC[C@@H](n3cc(C)cn3)C2)n1. The lowest BCUT2D eigenvalue weighted by atomic mass is 10.1. The Morgan fingerprint density at radius 3 is 3.08 bits per heavy atom. The van der Waals surface area contributed by atoms with Gasteiger partial charge in [-0.05, 0) is 32.3 Å². The van der Waals surface area contributed by atoms with Crippen molar-refractivity contribution in [1.29, 1.82) is 0 Å². The van der Waals surface area contributed by atoms with E-state index in [2.05, 4.69) is 15.5 Å². The first kappa shape index (κ1) is 17.5. The van der Waals surface area contributed by atoms with E-state index >= 15 is 0 Å². The maximum atomic E-state index is 12.6. The quantitative estimate of drug-likeness (QED) is 0.902. The summed E-state index contributed by atoms with van der Waals surface area (Å²) >= 11 is 0. The molecule has 8 heteroatoms. The van der Waals surface area contributed by atoms with Crippen molar-refractivity contribution < 1.29 is 9.53 Å². The summed E-state index contributed by atoms with van der Waals surface area (Å²) in [7, 11) is 1.66. The molecule has 1 saturated heterocycles. The normalized spacial score (nSPS) is 19.0. The lowest BCUT2D eigenvalue weighted by molar-refractivity contribution is 0.157. The van der Waals surface area contributed by atoms with Crippen LogP contribution in [0.5, 0.6) is 0 Å². The fourth-order valence-corrected chi connectivity index (χ4v) is 3.14. The van der Waals surface area contributed by atoms with Gasteiger partial charge in [0.25, 0.3) is 0 Å². The Bertz CT molecular complexity index is 710. The Balaban J connectivity index is 1.59. The fraction of sp³-hybridized carbons (Fsp3) is 0.588. The lowest BCUT2D eigenvalue weighted by Crippen LogP contribution is -2.43. The molecule has 0 spiro atoms. The minimum atomic E-state index is -0.113. The van der Waals surface area contributed by atoms with Crippen LogP contribution < -0.4 is 5.32 Å². The summed E-state index contributed by atoms with van der Waals surface area (Å²) in [4.78, 5) is 14.4. The number of carbonyl (C=O) groups is 1. The van der Waals surface area contributed by atoms with E-state index in [1.807, 2.05) is 48.1 Å². The summed E-state index contributed by atoms with van der Waals surface area (Å²) in [5, 5.41) is 11.7. The zero-order valence-electron chi connectivity index (χ0n) is 15.1. The van der Waals surface area contributed by atoms with Crippen LogP contribution in [0.1, 0.15) is 37.4 Å². The van der Waals surface area contributed by atoms with E-state index in [4.69, 9.17) is 4.74 Å². The molecule has 8 nitrogen and oxygen atoms in total. The van der Waals surface area contributed by atoms with Gasteiger partial charge in [0, 0.05) is 38.7 Å². The average Bonchev–Trinajstić information content (AvgIpc) is 3.24. The molecule has 136 valence electrons. The third-order valence-electron chi connectivity index (χ3n) is 4.49. The van der Waals surface area contributed by atoms with Crippen molar-refractivity contribution in [2.45, 2.75) is 38.8 Å². The van der Waals surface area contributed by atoms with Crippen molar-refractivity contribution in [2.75, 3.05) is 32.1 Å². The molecule has 0 aliphatic carbocycles. The summed E-state index contributed by atoms with van der Waals surface area (Å²) in [6.07, 6.45) is 7.74. The number of likely N-dealkylation sites (tertiary alicyclic amines) is 1. The molecule has 3 rings (SSSR count). The second-order valence-electron chi connectivity index (χ2n) is 6.66.